The number of piperazine rings is 1. The highest BCUT2D eigenvalue weighted by atomic mass is 16.1. The summed E-state index contributed by atoms with van der Waals surface area (Å²) in [6, 6.07) is 14.0. The highest BCUT2D eigenvalue weighted by molar-refractivity contribution is 6.06. The van der Waals surface area contributed by atoms with Gasteiger partial charge >= 0.3 is 0 Å². The first-order valence-electron chi connectivity index (χ1n) is 9.38. The number of nitrogens with one attached hydrogen (secondary N) is 1. The first-order chi connectivity index (χ1) is 12.2. The van der Waals surface area contributed by atoms with Crippen LogP contribution in [0.2, 0.25) is 0 Å². The molecule has 1 heterocycles. The van der Waals surface area contributed by atoms with Gasteiger partial charge in [-0.05, 0) is 29.3 Å². The minimum absolute atomic E-state index is 0.0273. The fourth-order valence-corrected chi connectivity index (χ4v) is 3.58. The largest absolute Gasteiger partial charge is 0.352 e. The van der Waals surface area contributed by atoms with Crippen molar-refractivity contribution in [1.29, 1.82) is 0 Å². The molecule has 0 spiro atoms. The van der Waals surface area contributed by atoms with Gasteiger partial charge in [0.1, 0.15) is 0 Å². The van der Waals surface area contributed by atoms with E-state index in [0.717, 1.165) is 62.1 Å². The van der Waals surface area contributed by atoms with E-state index < -0.39 is 0 Å². The Morgan fingerprint density at radius 2 is 1.72 bits per heavy atom. The normalized spacial score (nSPS) is 17.5. The van der Waals surface area contributed by atoms with E-state index in [4.69, 9.17) is 0 Å². The molecular weight excluding hydrogens is 310 g/mol. The Morgan fingerprint density at radius 1 is 1.04 bits per heavy atom. The summed E-state index contributed by atoms with van der Waals surface area (Å²) in [5.74, 6) is 0.478. The summed E-state index contributed by atoms with van der Waals surface area (Å²) in [4.78, 5) is 17.6. The van der Waals surface area contributed by atoms with Gasteiger partial charge in [0.25, 0.3) is 5.91 Å². The number of amides is 1. The quantitative estimate of drug-likeness (QED) is 0.879. The number of carbonyl (C=O) groups excluding carboxylic acids is 1. The van der Waals surface area contributed by atoms with Gasteiger partial charge in [0.05, 0.1) is 0 Å². The molecular formula is C21H29N3O. The van der Waals surface area contributed by atoms with Crippen LogP contribution < -0.4 is 5.32 Å². The summed E-state index contributed by atoms with van der Waals surface area (Å²) >= 11 is 0. The number of hydrogen-bond acceptors (Lipinski definition) is 3. The molecule has 3 rings (SSSR count). The Balaban J connectivity index is 1.52. The van der Waals surface area contributed by atoms with E-state index in [1.54, 1.807) is 0 Å². The number of rotatable bonds is 6. The lowest BCUT2D eigenvalue weighted by molar-refractivity contribution is 0.0935. The van der Waals surface area contributed by atoms with Gasteiger partial charge in [-0.3, -0.25) is 4.79 Å². The summed E-state index contributed by atoms with van der Waals surface area (Å²) < 4.78 is 0. The fraction of sp³-hybridized carbons (Fsp3) is 0.476. The van der Waals surface area contributed by atoms with Crippen LogP contribution in [0.4, 0.5) is 0 Å². The first kappa shape index (κ1) is 17.9. The third-order valence-corrected chi connectivity index (χ3v) is 5.13. The Bertz CT molecular complexity index is 702. The number of hydrogen-bond donors (Lipinski definition) is 1. The highest BCUT2D eigenvalue weighted by Gasteiger charge is 2.18. The lowest BCUT2D eigenvalue weighted by Crippen LogP contribution is -2.48. The van der Waals surface area contributed by atoms with E-state index in [0.29, 0.717) is 5.92 Å². The standard InChI is InChI=1S/C21H29N3O/c1-3-23-11-13-24(14-12-23)16-17(2)15-22-21(25)20-10-6-8-18-7-4-5-9-19(18)20/h4-10,17H,3,11-16H2,1-2H3,(H,22,25)/t17-/m0/s1. The monoisotopic (exact) mass is 339 g/mol. The molecule has 25 heavy (non-hydrogen) atoms. The number of carbonyl (C=O) groups is 1. The van der Waals surface area contributed by atoms with Crippen LogP contribution in [0, 0.1) is 5.92 Å². The number of likely N-dealkylation sites (N-methyl/N-ethyl adjacent to an activating group) is 1. The molecule has 2 aromatic carbocycles. The van der Waals surface area contributed by atoms with Crippen molar-refractivity contribution in [2.24, 2.45) is 5.92 Å². The van der Waals surface area contributed by atoms with Gasteiger partial charge in [0.2, 0.25) is 0 Å². The molecule has 4 nitrogen and oxygen atoms in total. The van der Waals surface area contributed by atoms with Crippen LogP contribution in [0.15, 0.2) is 42.5 Å². The molecule has 1 N–H and O–H groups in total. The molecule has 1 amide bonds. The van der Waals surface area contributed by atoms with Crippen molar-refractivity contribution in [3.63, 3.8) is 0 Å². The third-order valence-electron chi connectivity index (χ3n) is 5.13. The van der Waals surface area contributed by atoms with Gasteiger partial charge in [-0.15, -0.1) is 0 Å². The lowest BCUT2D eigenvalue weighted by Gasteiger charge is -2.35. The molecule has 0 unspecified atom stereocenters. The fourth-order valence-electron chi connectivity index (χ4n) is 3.58. The molecule has 0 radical (unpaired) electrons. The summed E-state index contributed by atoms with van der Waals surface area (Å²) in [6.45, 7) is 11.9. The van der Waals surface area contributed by atoms with Crippen molar-refractivity contribution in [1.82, 2.24) is 15.1 Å². The molecule has 0 aromatic heterocycles. The second kappa shape index (κ2) is 8.45. The summed E-state index contributed by atoms with van der Waals surface area (Å²) in [6.07, 6.45) is 0. The molecule has 1 atom stereocenters. The van der Waals surface area contributed by atoms with Gasteiger partial charge in [-0.1, -0.05) is 50.2 Å². The van der Waals surface area contributed by atoms with E-state index in [1.165, 1.54) is 0 Å². The minimum atomic E-state index is 0.0273. The van der Waals surface area contributed by atoms with Gasteiger partial charge < -0.3 is 15.1 Å². The number of benzene rings is 2. The van der Waals surface area contributed by atoms with E-state index >= 15 is 0 Å². The smallest absolute Gasteiger partial charge is 0.251 e. The Hall–Kier alpha value is -1.91. The second-order valence-corrected chi connectivity index (χ2v) is 7.08. The maximum absolute atomic E-state index is 12.6. The van der Waals surface area contributed by atoms with Crippen LogP contribution in [0.1, 0.15) is 24.2 Å². The van der Waals surface area contributed by atoms with Gasteiger partial charge in [-0.25, -0.2) is 0 Å². The summed E-state index contributed by atoms with van der Waals surface area (Å²) in [5, 5.41) is 5.25. The highest BCUT2D eigenvalue weighted by Crippen LogP contribution is 2.18. The molecule has 4 heteroatoms. The SMILES string of the molecule is CCN1CCN(C[C@@H](C)CNC(=O)c2cccc3ccccc23)CC1. The molecule has 1 fully saturated rings. The number of nitrogens with zero attached hydrogens (tertiary/aromatic N) is 2. The molecule has 134 valence electrons. The van der Waals surface area contributed by atoms with Gasteiger partial charge in [0.15, 0.2) is 0 Å². The van der Waals surface area contributed by atoms with Crippen LogP contribution >= 0.6 is 0 Å². The Morgan fingerprint density at radius 3 is 2.48 bits per heavy atom. The predicted octanol–water partition coefficient (Wildman–Crippen LogP) is 2.84. The van der Waals surface area contributed by atoms with Crippen LogP contribution in [0.3, 0.4) is 0 Å². The zero-order valence-corrected chi connectivity index (χ0v) is 15.4. The van der Waals surface area contributed by atoms with Crippen molar-refractivity contribution in [3.05, 3.63) is 48.0 Å². The summed E-state index contributed by atoms with van der Waals surface area (Å²) in [7, 11) is 0. The van der Waals surface area contributed by atoms with Crippen molar-refractivity contribution in [2.75, 3.05) is 45.8 Å². The third kappa shape index (κ3) is 4.59. The zero-order valence-electron chi connectivity index (χ0n) is 15.4. The molecule has 1 saturated heterocycles. The van der Waals surface area contributed by atoms with Crippen molar-refractivity contribution < 1.29 is 4.79 Å². The first-order valence-corrected chi connectivity index (χ1v) is 9.38. The van der Waals surface area contributed by atoms with Crippen molar-refractivity contribution in [2.45, 2.75) is 13.8 Å². The van der Waals surface area contributed by atoms with Gasteiger partial charge in [-0.2, -0.15) is 0 Å². The summed E-state index contributed by atoms with van der Waals surface area (Å²) in [5.41, 5.74) is 0.766. The maximum Gasteiger partial charge on any atom is 0.251 e. The average Bonchev–Trinajstić information content (AvgIpc) is 2.66. The van der Waals surface area contributed by atoms with E-state index in [9.17, 15) is 4.79 Å². The average molecular weight is 339 g/mol. The van der Waals surface area contributed by atoms with E-state index in [1.807, 2.05) is 42.5 Å². The Kier molecular flexibility index (Phi) is 6.05. The van der Waals surface area contributed by atoms with E-state index in [-0.39, 0.29) is 5.91 Å². The molecule has 0 aliphatic carbocycles. The topological polar surface area (TPSA) is 35.6 Å². The second-order valence-electron chi connectivity index (χ2n) is 7.08. The van der Waals surface area contributed by atoms with Gasteiger partial charge in [0, 0.05) is 44.8 Å². The number of fused-ring (bicyclic) bond motifs is 1. The van der Waals surface area contributed by atoms with Crippen LogP contribution in [0.25, 0.3) is 10.8 Å². The molecule has 0 bridgehead atoms. The molecule has 0 saturated carbocycles. The molecule has 2 aromatic rings. The van der Waals surface area contributed by atoms with Crippen LogP contribution in [0.5, 0.6) is 0 Å². The zero-order chi connectivity index (χ0) is 17.6. The predicted molar refractivity (Wildman–Crippen MR) is 104 cm³/mol. The maximum atomic E-state index is 12.6. The van der Waals surface area contributed by atoms with Crippen LogP contribution in [-0.2, 0) is 0 Å². The van der Waals surface area contributed by atoms with E-state index in [2.05, 4.69) is 29.0 Å². The minimum Gasteiger partial charge on any atom is -0.352 e. The van der Waals surface area contributed by atoms with Crippen molar-refractivity contribution in [3.8, 4) is 0 Å². The molecule has 1 aliphatic rings. The molecule has 1 aliphatic heterocycles. The Labute approximate surface area is 150 Å². The lowest BCUT2D eigenvalue weighted by atomic mass is 10.0. The van der Waals surface area contributed by atoms with Crippen molar-refractivity contribution >= 4 is 16.7 Å². The van der Waals surface area contributed by atoms with Crippen LogP contribution in [-0.4, -0.2) is 61.5 Å².